The number of fused-ring (bicyclic) bond motifs is 1. The second-order valence-corrected chi connectivity index (χ2v) is 11.3. The smallest absolute Gasteiger partial charge is 0.270 e. The van der Waals surface area contributed by atoms with E-state index in [1.165, 1.54) is 0 Å². The molecule has 2 N–H and O–H groups in total. The molecule has 10 heteroatoms. The van der Waals surface area contributed by atoms with Crippen LogP contribution in [0.3, 0.4) is 0 Å². The largest absolute Gasteiger partial charge is 0.490 e. The van der Waals surface area contributed by atoms with Gasteiger partial charge in [-0.25, -0.2) is 9.97 Å². The quantitative estimate of drug-likeness (QED) is 0.310. The van der Waals surface area contributed by atoms with Crippen LogP contribution in [0.4, 0.5) is 11.6 Å². The van der Waals surface area contributed by atoms with Crippen molar-refractivity contribution in [2.45, 2.75) is 50.7 Å². The van der Waals surface area contributed by atoms with Gasteiger partial charge in [0.2, 0.25) is 5.95 Å². The molecule has 10 nitrogen and oxygen atoms in total. The summed E-state index contributed by atoms with van der Waals surface area (Å²) in [6.07, 6.45) is 10.5. The second-order valence-electron chi connectivity index (χ2n) is 11.3. The summed E-state index contributed by atoms with van der Waals surface area (Å²) in [6.45, 7) is 3.26. The van der Waals surface area contributed by atoms with Gasteiger partial charge in [-0.3, -0.25) is 9.78 Å². The lowest BCUT2D eigenvalue weighted by Gasteiger charge is -2.32. The van der Waals surface area contributed by atoms with E-state index >= 15 is 0 Å². The normalized spacial score (nSPS) is 20.2. The molecule has 6 rings (SSSR count). The van der Waals surface area contributed by atoms with E-state index in [9.17, 15) is 4.79 Å². The monoisotopic (exact) mass is 569 g/mol. The molecule has 0 unspecified atom stereocenters. The molecule has 0 spiro atoms. The molecule has 2 fully saturated rings. The topological polar surface area (TPSA) is 108 Å². The highest BCUT2D eigenvalue weighted by Crippen LogP contribution is 2.27. The van der Waals surface area contributed by atoms with E-state index in [2.05, 4.69) is 32.2 Å². The minimum Gasteiger partial charge on any atom is -0.490 e. The number of methoxy groups -OCH3 is 1. The highest BCUT2D eigenvalue weighted by Gasteiger charge is 2.22. The molecule has 1 aliphatic heterocycles. The number of likely N-dealkylation sites (N-methyl/N-ethyl adjacent to an activating group) is 1. The Morgan fingerprint density at radius 3 is 2.45 bits per heavy atom. The van der Waals surface area contributed by atoms with Crippen LogP contribution in [0.25, 0.3) is 22.3 Å². The van der Waals surface area contributed by atoms with Crippen LogP contribution < -0.4 is 10.1 Å². The van der Waals surface area contributed by atoms with Gasteiger partial charge in [-0.15, -0.1) is 0 Å². The zero-order valence-corrected chi connectivity index (χ0v) is 24.4. The number of hydrogen-bond acceptors (Lipinski definition) is 8. The first-order valence-electron chi connectivity index (χ1n) is 14.9. The summed E-state index contributed by atoms with van der Waals surface area (Å²) < 4.78 is 11.9. The number of aromatic nitrogens is 4. The van der Waals surface area contributed by atoms with Gasteiger partial charge in [0.15, 0.2) is 0 Å². The fraction of sp³-hybridized carbons (Fsp3) is 0.438. The van der Waals surface area contributed by atoms with E-state index in [1.54, 1.807) is 12.4 Å². The molecular weight excluding hydrogens is 530 g/mol. The van der Waals surface area contributed by atoms with Gasteiger partial charge in [0.1, 0.15) is 11.4 Å². The van der Waals surface area contributed by atoms with Gasteiger partial charge in [-0.2, -0.15) is 0 Å². The summed E-state index contributed by atoms with van der Waals surface area (Å²) in [6, 6.07) is 13.6. The Labute approximate surface area is 246 Å². The van der Waals surface area contributed by atoms with Crippen molar-refractivity contribution in [2.24, 2.45) is 0 Å². The molecule has 0 atom stereocenters. The number of carbonyl (C=O) groups excluding carboxylic acids is 1. The van der Waals surface area contributed by atoms with Gasteiger partial charge < -0.3 is 29.6 Å². The summed E-state index contributed by atoms with van der Waals surface area (Å²) in [5.74, 6) is 1.32. The first-order chi connectivity index (χ1) is 20.5. The van der Waals surface area contributed by atoms with Crippen LogP contribution in [0.5, 0.6) is 5.75 Å². The molecule has 42 heavy (non-hydrogen) atoms. The Morgan fingerprint density at radius 2 is 1.67 bits per heavy atom. The molecule has 220 valence electrons. The lowest BCUT2D eigenvalue weighted by Crippen LogP contribution is -2.47. The zero-order valence-electron chi connectivity index (χ0n) is 24.4. The first kappa shape index (κ1) is 28.1. The third-order valence-corrected chi connectivity index (χ3v) is 8.29. The number of pyridine rings is 1. The van der Waals surface area contributed by atoms with E-state index in [0.717, 1.165) is 92.7 Å². The van der Waals surface area contributed by atoms with Crippen molar-refractivity contribution in [1.82, 2.24) is 29.7 Å². The minimum atomic E-state index is 0.0397. The molecule has 4 aromatic rings. The number of nitrogens with zero attached hydrogens (tertiary/aromatic N) is 5. The van der Waals surface area contributed by atoms with Gasteiger partial charge in [0, 0.05) is 68.3 Å². The zero-order chi connectivity index (χ0) is 28.9. The molecule has 2 aliphatic rings. The second kappa shape index (κ2) is 12.9. The van der Waals surface area contributed by atoms with Crippen molar-refractivity contribution in [3.05, 3.63) is 60.6 Å². The van der Waals surface area contributed by atoms with Crippen molar-refractivity contribution < 1.29 is 14.3 Å². The number of nitrogens with one attached hydrogen (secondary N) is 2. The number of benzene rings is 1. The number of H-pyrrole nitrogens is 1. The van der Waals surface area contributed by atoms with Crippen molar-refractivity contribution in [3.8, 4) is 17.1 Å². The maximum atomic E-state index is 13.0. The third kappa shape index (κ3) is 6.71. The predicted molar refractivity (Wildman–Crippen MR) is 163 cm³/mol. The van der Waals surface area contributed by atoms with Gasteiger partial charge in [0.25, 0.3) is 5.91 Å². The van der Waals surface area contributed by atoms with Crippen molar-refractivity contribution in [3.63, 3.8) is 0 Å². The van der Waals surface area contributed by atoms with Crippen LogP contribution in [-0.4, -0.2) is 88.2 Å². The summed E-state index contributed by atoms with van der Waals surface area (Å²) in [4.78, 5) is 34.2. The summed E-state index contributed by atoms with van der Waals surface area (Å²) in [5, 5.41) is 4.26. The van der Waals surface area contributed by atoms with E-state index in [0.29, 0.717) is 23.4 Å². The van der Waals surface area contributed by atoms with Crippen molar-refractivity contribution in [2.75, 3.05) is 45.7 Å². The maximum Gasteiger partial charge on any atom is 0.270 e. The van der Waals surface area contributed by atoms with Crippen LogP contribution in [0.15, 0.2) is 54.9 Å². The van der Waals surface area contributed by atoms with Crippen LogP contribution in [0, 0.1) is 0 Å². The number of rotatable bonds is 7. The lowest BCUT2D eigenvalue weighted by atomic mass is 9.96. The number of aromatic amines is 1. The van der Waals surface area contributed by atoms with Gasteiger partial charge >= 0.3 is 0 Å². The Kier molecular flexibility index (Phi) is 8.62. The lowest BCUT2D eigenvalue weighted by molar-refractivity contribution is 0.0642. The Balaban J connectivity index is 1.12. The van der Waals surface area contributed by atoms with Gasteiger partial charge in [-0.1, -0.05) is 0 Å². The molecule has 1 saturated heterocycles. The minimum absolute atomic E-state index is 0.0397. The maximum absolute atomic E-state index is 13.0. The SMILES string of the molecule is CO[C@H]1CCC[C@@H](Oc2ccnc(-c3ccnc(Nc4ccc5[nH]c(C(=O)N6CCN(C)CC6)cc5c4)n3)c2)CCC1. The molecule has 1 aromatic carbocycles. The Morgan fingerprint density at radius 1 is 0.905 bits per heavy atom. The van der Waals surface area contributed by atoms with Crippen LogP contribution in [0.1, 0.15) is 49.0 Å². The van der Waals surface area contributed by atoms with E-state index < -0.39 is 0 Å². The average Bonchev–Trinajstić information content (AvgIpc) is 3.42. The highest BCUT2D eigenvalue weighted by atomic mass is 16.5. The van der Waals surface area contributed by atoms with Crippen molar-refractivity contribution >= 4 is 28.4 Å². The molecule has 1 aliphatic carbocycles. The van der Waals surface area contributed by atoms with E-state index in [-0.39, 0.29) is 12.0 Å². The number of ether oxygens (including phenoxy) is 2. The van der Waals surface area contributed by atoms with E-state index in [1.807, 2.05) is 54.5 Å². The first-order valence-corrected chi connectivity index (χ1v) is 14.9. The van der Waals surface area contributed by atoms with E-state index in [4.69, 9.17) is 14.5 Å². The number of piperazine rings is 1. The van der Waals surface area contributed by atoms with Gasteiger partial charge in [-0.05, 0) is 82.0 Å². The molecule has 3 aromatic heterocycles. The summed E-state index contributed by atoms with van der Waals surface area (Å²) in [5.41, 5.74) is 3.80. The fourth-order valence-electron chi connectivity index (χ4n) is 5.80. The molecule has 1 saturated carbocycles. The molecule has 4 heterocycles. The number of anilines is 2. The molecule has 1 amide bonds. The predicted octanol–water partition coefficient (Wildman–Crippen LogP) is 5.27. The average molecular weight is 570 g/mol. The van der Waals surface area contributed by atoms with Gasteiger partial charge in [0.05, 0.1) is 23.6 Å². The fourth-order valence-corrected chi connectivity index (χ4v) is 5.80. The third-order valence-electron chi connectivity index (χ3n) is 8.29. The Hall–Kier alpha value is -4.02. The molecular formula is C32H39N7O3. The summed E-state index contributed by atoms with van der Waals surface area (Å²) in [7, 11) is 3.89. The van der Waals surface area contributed by atoms with Crippen molar-refractivity contribution in [1.29, 1.82) is 0 Å². The molecule has 0 bridgehead atoms. The van der Waals surface area contributed by atoms with Crippen LogP contribution in [0.2, 0.25) is 0 Å². The number of amides is 1. The number of hydrogen-bond donors (Lipinski definition) is 2. The summed E-state index contributed by atoms with van der Waals surface area (Å²) >= 11 is 0. The highest BCUT2D eigenvalue weighted by molar-refractivity contribution is 5.98. The van der Waals surface area contributed by atoms with Crippen LogP contribution >= 0.6 is 0 Å². The van der Waals surface area contributed by atoms with Crippen LogP contribution in [-0.2, 0) is 4.74 Å². The molecule has 0 radical (unpaired) electrons. The standard InChI is InChI=1S/C32H39N7O3/c1-38-15-17-39(18-16-38)31(40)30-20-22-19-23(9-10-27(22)36-30)35-32-34-14-12-28(37-32)29-21-26(11-13-33-29)42-25-7-3-5-24(41-2)6-4-8-25/h9-14,19-21,24-25,36H,3-8,15-18H2,1-2H3,(H,34,35,37)/t24-,25+. The Bertz CT molecular complexity index is 1510. The number of carbonyl (C=O) groups is 1.